The zero-order chi connectivity index (χ0) is 20.7. The fraction of sp³-hybridized carbons (Fsp3) is 0.286. The summed E-state index contributed by atoms with van der Waals surface area (Å²) in [5.74, 6) is 0.205. The first-order valence-electron chi connectivity index (χ1n) is 9.94. The number of amides is 1. The molecule has 0 bridgehead atoms. The minimum absolute atomic E-state index is 0. The quantitative estimate of drug-likeness (QED) is 0.506. The Morgan fingerprint density at radius 3 is 2.71 bits per heavy atom. The van der Waals surface area contributed by atoms with Gasteiger partial charge in [-0.05, 0) is 32.0 Å². The summed E-state index contributed by atoms with van der Waals surface area (Å²) >= 11 is 0. The lowest BCUT2D eigenvalue weighted by atomic mass is 10.1. The number of rotatable bonds is 3. The van der Waals surface area contributed by atoms with Gasteiger partial charge in [0, 0.05) is 43.4 Å². The molecule has 0 atom stereocenters. The number of hydrogen-bond donors (Lipinski definition) is 2. The molecule has 9 nitrogen and oxygen atoms in total. The SMILES string of the molecule is Cc1cn2cc(NC(=O)c3ccc(N4CCNCC4)c4ccnnc34)nc2c(C)n1.Cl. The van der Waals surface area contributed by atoms with Crippen LogP contribution in [0.5, 0.6) is 0 Å². The average Bonchev–Trinajstić information content (AvgIpc) is 3.16. The predicted molar refractivity (Wildman–Crippen MR) is 122 cm³/mol. The molecular weight excluding hydrogens is 416 g/mol. The van der Waals surface area contributed by atoms with Crippen LogP contribution >= 0.6 is 12.4 Å². The number of nitrogens with zero attached hydrogens (tertiary/aromatic N) is 6. The minimum Gasteiger partial charge on any atom is -0.368 e. The first kappa shape index (κ1) is 21.0. The highest BCUT2D eigenvalue weighted by Crippen LogP contribution is 2.28. The number of benzene rings is 1. The Labute approximate surface area is 185 Å². The van der Waals surface area contributed by atoms with Crippen LogP contribution in [0, 0.1) is 13.8 Å². The van der Waals surface area contributed by atoms with Gasteiger partial charge in [-0.1, -0.05) is 0 Å². The largest absolute Gasteiger partial charge is 0.368 e. The lowest BCUT2D eigenvalue weighted by molar-refractivity contribution is 0.102. The van der Waals surface area contributed by atoms with E-state index in [1.165, 1.54) is 0 Å². The Balaban J connectivity index is 0.00000231. The third-order valence-electron chi connectivity index (χ3n) is 5.33. The van der Waals surface area contributed by atoms with Gasteiger partial charge < -0.3 is 19.9 Å². The molecule has 1 fully saturated rings. The van der Waals surface area contributed by atoms with Crippen molar-refractivity contribution in [3.63, 3.8) is 0 Å². The molecule has 1 aliphatic heterocycles. The monoisotopic (exact) mass is 438 g/mol. The van der Waals surface area contributed by atoms with Crippen molar-refractivity contribution in [1.29, 1.82) is 0 Å². The topological polar surface area (TPSA) is 100 Å². The second kappa shape index (κ2) is 8.44. The average molecular weight is 439 g/mol. The van der Waals surface area contributed by atoms with Crippen molar-refractivity contribution in [2.75, 3.05) is 36.4 Å². The maximum atomic E-state index is 13.1. The van der Waals surface area contributed by atoms with Gasteiger partial charge in [-0.3, -0.25) is 9.78 Å². The number of aromatic nitrogens is 5. The molecule has 1 aromatic carbocycles. The lowest BCUT2D eigenvalue weighted by Crippen LogP contribution is -2.43. The number of halogens is 1. The van der Waals surface area contributed by atoms with Crippen LogP contribution in [0.25, 0.3) is 16.6 Å². The van der Waals surface area contributed by atoms with Crippen LogP contribution in [0.3, 0.4) is 0 Å². The maximum Gasteiger partial charge on any atom is 0.259 e. The van der Waals surface area contributed by atoms with Gasteiger partial charge in [-0.15, -0.1) is 17.5 Å². The first-order valence-corrected chi connectivity index (χ1v) is 9.94. The van der Waals surface area contributed by atoms with Gasteiger partial charge >= 0.3 is 0 Å². The molecule has 5 rings (SSSR count). The van der Waals surface area contributed by atoms with Crippen molar-refractivity contribution >= 4 is 46.4 Å². The van der Waals surface area contributed by atoms with E-state index in [1.807, 2.05) is 42.6 Å². The Morgan fingerprint density at radius 1 is 1.10 bits per heavy atom. The van der Waals surface area contributed by atoms with Gasteiger partial charge in [-0.25, -0.2) is 4.98 Å². The number of carbonyl (C=O) groups excluding carboxylic acids is 1. The molecule has 4 heterocycles. The molecule has 1 amide bonds. The van der Waals surface area contributed by atoms with E-state index in [0.717, 1.165) is 54.3 Å². The Kier molecular flexibility index (Phi) is 5.71. The Morgan fingerprint density at radius 2 is 1.90 bits per heavy atom. The summed E-state index contributed by atoms with van der Waals surface area (Å²) in [7, 11) is 0. The minimum atomic E-state index is -0.266. The third kappa shape index (κ3) is 3.89. The fourth-order valence-electron chi connectivity index (χ4n) is 3.98. The Hall–Kier alpha value is -3.30. The summed E-state index contributed by atoms with van der Waals surface area (Å²) in [6.07, 6.45) is 5.34. The molecule has 0 saturated carbocycles. The van der Waals surface area contributed by atoms with Crippen molar-refractivity contribution < 1.29 is 4.79 Å². The summed E-state index contributed by atoms with van der Waals surface area (Å²) in [6, 6.07) is 5.72. The molecule has 31 heavy (non-hydrogen) atoms. The zero-order valence-corrected chi connectivity index (χ0v) is 18.1. The molecule has 1 aliphatic rings. The molecular formula is C21H23ClN8O. The summed E-state index contributed by atoms with van der Waals surface area (Å²) < 4.78 is 1.87. The van der Waals surface area contributed by atoms with Crippen LogP contribution in [0.4, 0.5) is 11.5 Å². The number of hydrogen-bond acceptors (Lipinski definition) is 7. The van der Waals surface area contributed by atoms with Gasteiger partial charge in [0.2, 0.25) is 0 Å². The van der Waals surface area contributed by atoms with Gasteiger partial charge in [0.15, 0.2) is 11.5 Å². The Bertz CT molecular complexity index is 1270. The number of nitrogens with one attached hydrogen (secondary N) is 2. The highest BCUT2D eigenvalue weighted by Gasteiger charge is 2.19. The molecule has 1 saturated heterocycles. The highest BCUT2D eigenvalue weighted by atomic mass is 35.5. The molecule has 2 N–H and O–H groups in total. The molecule has 0 spiro atoms. The van der Waals surface area contributed by atoms with Crippen molar-refractivity contribution in [3.8, 4) is 0 Å². The van der Waals surface area contributed by atoms with E-state index in [4.69, 9.17) is 0 Å². The number of imidazole rings is 1. The lowest BCUT2D eigenvalue weighted by Gasteiger charge is -2.30. The molecule has 0 radical (unpaired) electrons. The molecule has 4 aromatic rings. The van der Waals surface area contributed by atoms with Crippen molar-refractivity contribution in [1.82, 2.24) is 29.9 Å². The normalized spacial score (nSPS) is 13.9. The molecule has 0 unspecified atom stereocenters. The van der Waals surface area contributed by atoms with Crippen LogP contribution in [0.2, 0.25) is 0 Å². The first-order chi connectivity index (χ1) is 14.6. The smallest absolute Gasteiger partial charge is 0.259 e. The van der Waals surface area contributed by atoms with Crippen LogP contribution in [0.1, 0.15) is 21.7 Å². The van der Waals surface area contributed by atoms with E-state index in [0.29, 0.717) is 16.9 Å². The number of fused-ring (bicyclic) bond motifs is 2. The van der Waals surface area contributed by atoms with Crippen molar-refractivity contribution in [2.45, 2.75) is 13.8 Å². The molecule has 3 aromatic heterocycles. The van der Waals surface area contributed by atoms with E-state index in [1.54, 1.807) is 12.4 Å². The molecule has 10 heteroatoms. The molecule has 0 aliphatic carbocycles. The van der Waals surface area contributed by atoms with E-state index < -0.39 is 0 Å². The maximum absolute atomic E-state index is 13.1. The predicted octanol–water partition coefficient (Wildman–Crippen LogP) is 2.37. The van der Waals surface area contributed by atoms with Gasteiger partial charge in [0.05, 0.1) is 29.3 Å². The van der Waals surface area contributed by atoms with Crippen LogP contribution in [-0.4, -0.2) is 56.7 Å². The van der Waals surface area contributed by atoms with Gasteiger partial charge in [0.25, 0.3) is 5.91 Å². The zero-order valence-electron chi connectivity index (χ0n) is 17.3. The van der Waals surface area contributed by atoms with E-state index >= 15 is 0 Å². The van der Waals surface area contributed by atoms with Crippen LogP contribution < -0.4 is 15.5 Å². The summed E-state index contributed by atoms with van der Waals surface area (Å²) in [6.45, 7) is 7.52. The second-order valence-electron chi connectivity index (χ2n) is 7.44. The van der Waals surface area contributed by atoms with Crippen LogP contribution in [-0.2, 0) is 0 Å². The van der Waals surface area contributed by atoms with E-state index in [9.17, 15) is 4.79 Å². The van der Waals surface area contributed by atoms with Gasteiger partial charge in [0.1, 0.15) is 5.52 Å². The number of anilines is 2. The third-order valence-corrected chi connectivity index (χ3v) is 5.33. The van der Waals surface area contributed by atoms with Crippen molar-refractivity contribution in [2.24, 2.45) is 0 Å². The highest BCUT2D eigenvalue weighted by molar-refractivity contribution is 6.13. The summed E-state index contributed by atoms with van der Waals surface area (Å²) in [5.41, 5.74) is 4.55. The summed E-state index contributed by atoms with van der Waals surface area (Å²) in [4.78, 5) is 24.3. The standard InChI is InChI=1S/C21H22N8O.ClH/c1-13-11-29-12-18(25-20(29)14(2)24-13)26-21(30)16-3-4-17(28-9-7-22-8-10-28)15-5-6-23-27-19(15)16;/h3-6,11-12,22H,7-10H2,1-2H3,(H,26,30);1H. The summed E-state index contributed by atoms with van der Waals surface area (Å²) in [5, 5.41) is 15.5. The number of carbonyl (C=O) groups is 1. The fourth-order valence-corrected chi connectivity index (χ4v) is 3.98. The van der Waals surface area contributed by atoms with Gasteiger partial charge in [-0.2, -0.15) is 5.10 Å². The molecule has 160 valence electrons. The second-order valence-corrected chi connectivity index (χ2v) is 7.44. The van der Waals surface area contributed by atoms with Crippen molar-refractivity contribution in [3.05, 3.63) is 53.7 Å². The van der Waals surface area contributed by atoms with E-state index in [2.05, 4.69) is 35.7 Å². The van der Waals surface area contributed by atoms with E-state index in [-0.39, 0.29) is 18.3 Å². The number of piperazine rings is 1. The number of aryl methyl sites for hydroxylation is 2. The van der Waals surface area contributed by atoms with Crippen LogP contribution in [0.15, 0.2) is 36.8 Å².